The summed E-state index contributed by atoms with van der Waals surface area (Å²) in [7, 11) is -3.65. The zero-order chi connectivity index (χ0) is 31.3. The lowest BCUT2D eigenvalue weighted by Crippen LogP contribution is -2.38. The Hall–Kier alpha value is -3.81. The summed E-state index contributed by atoms with van der Waals surface area (Å²) in [6, 6.07) is 14.4. The van der Waals surface area contributed by atoms with Crippen LogP contribution in [0.15, 0.2) is 58.8 Å². The Labute approximate surface area is 261 Å². The van der Waals surface area contributed by atoms with Gasteiger partial charge >= 0.3 is 6.09 Å². The second-order valence-electron chi connectivity index (χ2n) is 11.7. The number of H-pyrrole nitrogens is 1. The first kappa shape index (κ1) is 31.6. The zero-order valence-corrected chi connectivity index (χ0v) is 26.8. The monoisotopic (exact) mass is 638 g/mol. The van der Waals surface area contributed by atoms with Gasteiger partial charge in [-0.2, -0.15) is 4.31 Å². The zero-order valence-electron chi connectivity index (χ0n) is 25.2. The summed E-state index contributed by atoms with van der Waals surface area (Å²) >= 11 is 1.33. The van der Waals surface area contributed by atoms with Gasteiger partial charge in [0.05, 0.1) is 27.5 Å². The minimum Gasteiger partial charge on any atom is -0.444 e. The van der Waals surface area contributed by atoms with Gasteiger partial charge in [-0.25, -0.2) is 23.2 Å². The molecule has 1 aliphatic heterocycles. The highest BCUT2D eigenvalue weighted by atomic mass is 32.2. The number of aromatic amines is 1. The van der Waals surface area contributed by atoms with E-state index in [1.54, 1.807) is 34.5 Å². The van der Waals surface area contributed by atoms with E-state index in [4.69, 9.17) is 4.74 Å². The topological polar surface area (TPSA) is 138 Å². The minimum absolute atomic E-state index is 0.0544. The fraction of sp³-hybridized carbons (Fsp3) is 0.419. The molecule has 2 N–H and O–H groups in total. The molecule has 0 atom stereocenters. The Kier molecular flexibility index (Phi) is 9.66. The van der Waals surface area contributed by atoms with Crippen molar-refractivity contribution in [2.75, 3.05) is 19.6 Å². The number of hydrogen-bond acceptors (Lipinski definition) is 8. The van der Waals surface area contributed by atoms with Crippen molar-refractivity contribution in [2.45, 2.75) is 70.0 Å². The lowest BCUT2D eigenvalue weighted by atomic mass is 10.2. The molecule has 0 aliphatic carbocycles. The summed E-state index contributed by atoms with van der Waals surface area (Å²) in [5.74, 6) is 0.239. The lowest BCUT2D eigenvalue weighted by molar-refractivity contribution is 0.0231. The van der Waals surface area contributed by atoms with E-state index in [0.29, 0.717) is 42.5 Å². The highest BCUT2D eigenvalue weighted by molar-refractivity contribution is 7.89. The van der Waals surface area contributed by atoms with Gasteiger partial charge in [-0.05, 0) is 57.4 Å². The third kappa shape index (κ3) is 7.82. The van der Waals surface area contributed by atoms with E-state index in [-0.39, 0.29) is 23.7 Å². The maximum atomic E-state index is 13.3. The Balaban J connectivity index is 1.22. The van der Waals surface area contributed by atoms with Gasteiger partial charge in [-0.15, -0.1) is 11.3 Å². The summed E-state index contributed by atoms with van der Waals surface area (Å²) < 4.78 is 33.8. The molecule has 2 amide bonds. The lowest BCUT2D eigenvalue weighted by Gasteiger charge is -2.26. The number of nitrogens with zero attached hydrogens (tertiary/aromatic N) is 4. The Morgan fingerprint density at radius 3 is 2.52 bits per heavy atom. The molecular weight excluding hydrogens is 601 g/mol. The number of fused-ring (bicyclic) bond motifs is 1. The van der Waals surface area contributed by atoms with Crippen molar-refractivity contribution in [3.05, 3.63) is 76.0 Å². The van der Waals surface area contributed by atoms with Crippen molar-refractivity contribution in [1.82, 2.24) is 29.5 Å². The third-order valence-electron chi connectivity index (χ3n) is 7.16. The van der Waals surface area contributed by atoms with Gasteiger partial charge in [0.2, 0.25) is 10.0 Å². The van der Waals surface area contributed by atoms with E-state index in [1.165, 1.54) is 15.6 Å². The van der Waals surface area contributed by atoms with Crippen molar-refractivity contribution in [3.63, 3.8) is 0 Å². The molecule has 44 heavy (non-hydrogen) atoms. The number of sulfonamides is 1. The Morgan fingerprint density at radius 2 is 1.77 bits per heavy atom. The number of imidazole rings is 1. The summed E-state index contributed by atoms with van der Waals surface area (Å²) in [4.78, 5) is 40.2. The van der Waals surface area contributed by atoms with E-state index in [9.17, 15) is 18.0 Å². The second kappa shape index (κ2) is 13.4. The van der Waals surface area contributed by atoms with Gasteiger partial charge in [0.1, 0.15) is 17.1 Å². The van der Waals surface area contributed by atoms with Crippen LogP contribution in [0.1, 0.15) is 66.9 Å². The van der Waals surface area contributed by atoms with Crippen molar-refractivity contribution < 1.29 is 22.7 Å². The van der Waals surface area contributed by atoms with E-state index >= 15 is 0 Å². The molecule has 0 saturated carbocycles. The number of amides is 2. The fourth-order valence-electron chi connectivity index (χ4n) is 5.00. The molecule has 1 fully saturated rings. The second-order valence-corrected chi connectivity index (χ2v) is 14.6. The van der Waals surface area contributed by atoms with Gasteiger partial charge in [-0.3, -0.25) is 4.79 Å². The van der Waals surface area contributed by atoms with Crippen LogP contribution in [0, 0.1) is 0 Å². The molecule has 2 aromatic carbocycles. The van der Waals surface area contributed by atoms with Crippen molar-refractivity contribution >= 4 is 44.4 Å². The molecule has 5 rings (SSSR count). The molecule has 4 aromatic rings. The molecule has 3 heterocycles. The average molecular weight is 639 g/mol. The van der Waals surface area contributed by atoms with Crippen LogP contribution >= 0.6 is 11.3 Å². The number of piperidine rings is 1. The first-order valence-electron chi connectivity index (χ1n) is 14.7. The molecule has 1 aliphatic rings. The summed E-state index contributed by atoms with van der Waals surface area (Å²) in [5, 5.41) is 5.17. The van der Waals surface area contributed by atoms with Gasteiger partial charge in [0.25, 0.3) is 5.91 Å². The largest absolute Gasteiger partial charge is 0.444 e. The van der Waals surface area contributed by atoms with Crippen LogP contribution in [-0.2, 0) is 34.3 Å². The number of rotatable bonds is 10. The van der Waals surface area contributed by atoms with Gasteiger partial charge in [0, 0.05) is 38.0 Å². The summed E-state index contributed by atoms with van der Waals surface area (Å²) in [5.41, 5.74) is 1.80. The van der Waals surface area contributed by atoms with E-state index in [2.05, 4.69) is 20.3 Å². The number of benzene rings is 2. The number of thiazole rings is 1. The van der Waals surface area contributed by atoms with Gasteiger partial charge in [-0.1, -0.05) is 36.8 Å². The van der Waals surface area contributed by atoms with Crippen molar-refractivity contribution in [1.29, 1.82) is 0 Å². The number of ether oxygens (including phenoxy) is 1. The first-order valence-corrected chi connectivity index (χ1v) is 17.0. The highest BCUT2D eigenvalue weighted by Gasteiger charge is 2.28. The van der Waals surface area contributed by atoms with Crippen LogP contribution in [0.5, 0.6) is 0 Å². The molecule has 11 nitrogen and oxygen atoms in total. The molecule has 0 bridgehead atoms. The Bertz CT molecular complexity index is 1690. The normalized spacial score (nSPS) is 14.4. The number of para-hydroxylation sites is 2. The number of carbonyl (C=O) groups excluding carboxylic acids is 2. The average Bonchev–Trinajstić information content (AvgIpc) is 3.64. The molecule has 1 saturated heterocycles. The van der Waals surface area contributed by atoms with Crippen LogP contribution < -0.4 is 5.32 Å². The molecule has 234 valence electrons. The van der Waals surface area contributed by atoms with Crippen LogP contribution in [0.25, 0.3) is 11.0 Å². The van der Waals surface area contributed by atoms with Crippen LogP contribution in [0.4, 0.5) is 4.79 Å². The minimum atomic E-state index is -3.65. The fourth-order valence-corrected chi connectivity index (χ4v) is 7.50. The van der Waals surface area contributed by atoms with Gasteiger partial charge in [0.15, 0.2) is 0 Å². The molecule has 0 unspecified atom stereocenters. The molecule has 13 heteroatoms. The quantitative estimate of drug-likeness (QED) is 0.246. The maximum absolute atomic E-state index is 13.3. The van der Waals surface area contributed by atoms with E-state index in [1.807, 2.05) is 45.0 Å². The van der Waals surface area contributed by atoms with Crippen LogP contribution in [0.2, 0.25) is 0 Å². The van der Waals surface area contributed by atoms with E-state index < -0.39 is 27.6 Å². The molecule has 2 aromatic heterocycles. The summed E-state index contributed by atoms with van der Waals surface area (Å²) in [6.07, 6.45) is 2.67. The van der Waals surface area contributed by atoms with Crippen LogP contribution in [-0.4, -0.2) is 69.8 Å². The Morgan fingerprint density at radius 1 is 1.05 bits per heavy atom. The van der Waals surface area contributed by atoms with Crippen LogP contribution in [0.3, 0.4) is 0 Å². The third-order valence-corrected chi connectivity index (χ3v) is 10.1. The smallest absolute Gasteiger partial charge is 0.410 e. The standard InChI is InChI=1S/C31H38N6O5S2/c1-31(2,3)42-30(39)36(20-27-33-23-12-6-7-13-24(23)34-27)18-15-28-35-25(21-43-28)29(38)32-19-22-11-5-8-14-26(22)44(40,41)37-16-9-4-10-17-37/h5-8,11-14,21H,4,9-10,15-20H2,1-3H3,(H,32,38)(H,33,34). The first-order chi connectivity index (χ1) is 21.0. The van der Waals surface area contributed by atoms with Gasteiger partial charge < -0.3 is 19.9 Å². The van der Waals surface area contributed by atoms with Crippen molar-refractivity contribution in [3.8, 4) is 0 Å². The number of nitrogens with one attached hydrogen (secondary N) is 2. The SMILES string of the molecule is CC(C)(C)OC(=O)N(CCc1nc(C(=O)NCc2ccccc2S(=O)(=O)N2CCCCC2)cs1)Cc1nc2ccccc2[nH]1. The highest BCUT2D eigenvalue weighted by Crippen LogP contribution is 2.24. The molecular formula is C31H38N6O5S2. The predicted molar refractivity (Wildman–Crippen MR) is 169 cm³/mol. The number of hydrogen-bond donors (Lipinski definition) is 2. The predicted octanol–water partition coefficient (Wildman–Crippen LogP) is 5.10. The maximum Gasteiger partial charge on any atom is 0.410 e. The van der Waals surface area contributed by atoms with Crippen molar-refractivity contribution in [2.24, 2.45) is 0 Å². The number of carbonyl (C=O) groups is 2. The van der Waals surface area contributed by atoms with E-state index in [0.717, 1.165) is 30.3 Å². The molecule has 0 spiro atoms. The summed E-state index contributed by atoms with van der Waals surface area (Å²) in [6.45, 7) is 7.05. The number of aromatic nitrogens is 3. The molecule has 0 radical (unpaired) electrons.